The van der Waals surface area contributed by atoms with Gasteiger partial charge >= 0.3 is 5.97 Å². The van der Waals surface area contributed by atoms with Gasteiger partial charge in [0.15, 0.2) is 5.17 Å². The SMILES string of the molecule is CCOC(=O)c1ccc(N2C(=N)SC(=Cc3cn[nH]c3-c3ccc(F)cc3)C2=O)cc1. The molecule has 2 N–H and O–H groups in total. The number of nitrogens with zero attached hydrogens (tertiary/aromatic N) is 2. The van der Waals surface area contributed by atoms with E-state index in [2.05, 4.69) is 10.2 Å². The van der Waals surface area contributed by atoms with Crippen LogP contribution in [-0.4, -0.2) is 33.8 Å². The van der Waals surface area contributed by atoms with Gasteiger partial charge in [-0.1, -0.05) is 0 Å². The van der Waals surface area contributed by atoms with Gasteiger partial charge in [0.25, 0.3) is 5.91 Å². The van der Waals surface area contributed by atoms with Crippen LogP contribution < -0.4 is 4.90 Å². The van der Waals surface area contributed by atoms with E-state index in [4.69, 9.17) is 10.1 Å². The largest absolute Gasteiger partial charge is 0.462 e. The Morgan fingerprint density at radius 2 is 1.94 bits per heavy atom. The summed E-state index contributed by atoms with van der Waals surface area (Å²) in [6.07, 6.45) is 3.22. The summed E-state index contributed by atoms with van der Waals surface area (Å²) >= 11 is 1.03. The lowest BCUT2D eigenvalue weighted by Gasteiger charge is -2.14. The minimum atomic E-state index is -0.444. The molecule has 0 atom stereocenters. The van der Waals surface area contributed by atoms with Crippen molar-refractivity contribution in [1.82, 2.24) is 10.2 Å². The highest BCUT2D eigenvalue weighted by Gasteiger charge is 2.34. The topological polar surface area (TPSA) is 99.1 Å². The number of hydrogen-bond donors (Lipinski definition) is 2. The number of halogens is 1. The van der Waals surface area contributed by atoms with Gasteiger partial charge in [-0.2, -0.15) is 5.10 Å². The summed E-state index contributed by atoms with van der Waals surface area (Å²) in [4.78, 5) is 26.4. The van der Waals surface area contributed by atoms with Gasteiger partial charge in [0.2, 0.25) is 0 Å². The number of carbonyl (C=O) groups excluding carboxylic acids is 2. The molecule has 0 unspecified atom stereocenters. The monoisotopic (exact) mass is 436 g/mol. The Labute approximate surface area is 181 Å². The van der Waals surface area contributed by atoms with Crippen molar-refractivity contribution in [2.75, 3.05) is 11.5 Å². The van der Waals surface area contributed by atoms with Crippen molar-refractivity contribution < 1.29 is 18.7 Å². The molecule has 156 valence electrons. The Morgan fingerprint density at radius 1 is 1.23 bits per heavy atom. The second-order valence-electron chi connectivity index (χ2n) is 6.53. The van der Waals surface area contributed by atoms with Crippen LogP contribution in [0.1, 0.15) is 22.8 Å². The van der Waals surface area contributed by atoms with Crippen molar-refractivity contribution in [2.24, 2.45) is 0 Å². The second-order valence-corrected chi connectivity index (χ2v) is 7.56. The lowest BCUT2D eigenvalue weighted by Crippen LogP contribution is -2.28. The number of rotatable bonds is 5. The summed E-state index contributed by atoms with van der Waals surface area (Å²) in [5.74, 6) is -1.15. The van der Waals surface area contributed by atoms with Gasteiger partial charge < -0.3 is 4.74 Å². The van der Waals surface area contributed by atoms with Gasteiger partial charge in [0.05, 0.1) is 34.7 Å². The molecule has 1 aliphatic rings. The van der Waals surface area contributed by atoms with Crippen molar-refractivity contribution in [2.45, 2.75) is 6.92 Å². The zero-order chi connectivity index (χ0) is 22.0. The van der Waals surface area contributed by atoms with E-state index in [1.165, 1.54) is 17.0 Å². The number of esters is 1. The first kappa shape index (κ1) is 20.5. The molecule has 2 heterocycles. The Balaban J connectivity index is 1.59. The molecule has 0 aliphatic carbocycles. The molecule has 0 saturated carbocycles. The molecule has 1 fully saturated rings. The van der Waals surface area contributed by atoms with Gasteiger partial charge in [0, 0.05) is 11.1 Å². The third kappa shape index (κ3) is 4.13. The van der Waals surface area contributed by atoms with Crippen LogP contribution in [0.3, 0.4) is 0 Å². The number of anilines is 1. The van der Waals surface area contributed by atoms with Crippen molar-refractivity contribution in [3.05, 3.63) is 76.6 Å². The smallest absolute Gasteiger partial charge is 0.338 e. The lowest BCUT2D eigenvalue weighted by atomic mass is 10.1. The van der Waals surface area contributed by atoms with E-state index in [9.17, 15) is 14.0 Å². The number of amidine groups is 1. The van der Waals surface area contributed by atoms with Crippen LogP contribution in [0.4, 0.5) is 10.1 Å². The molecule has 31 heavy (non-hydrogen) atoms. The number of nitrogens with one attached hydrogen (secondary N) is 2. The number of carbonyl (C=O) groups is 2. The van der Waals surface area contributed by atoms with E-state index in [0.717, 1.165) is 17.3 Å². The predicted molar refractivity (Wildman–Crippen MR) is 117 cm³/mol. The average Bonchev–Trinajstić information content (AvgIpc) is 3.33. The van der Waals surface area contributed by atoms with Crippen LogP contribution in [0.2, 0.25) is 0 Å². The summed E-state index contributed by atoms with van der Waals surface area (Å²) in [6, 6.07) is 12.3. The number of hydrogen-bond acceptors (Lipinski definition) is 6. The van der Waals surface area contributed by atoms with E-state index < -0.39 is 5.97 Å². The Kier molecular flexibility index (Phi) is 5.68. The van der Waals surface area contributed by atoms with Crippen molar-refractivity contribution in [3.8, 4) is 11.3 Å². The van der Waals surface area contributed by atoms with E-state index >= 15 is 0 Å². The third-order valence-electron chi connectivity index (χ3n) is 4.55. The van der Waals surface area contributed by atoms with Crippen LogP contribution >= 0.6 is 11.8 Å². The minimum Gasteiger partial charge on any atom is -0.462 e. The van der Waals surface area contributed by atoms with Gasteiger partial charge in [-0.05, 0) is 73.3 Å². The summed E-state index contributed by atoms with van der Waals surface area (Å²) in [7, 11) is 0. The van der Waals surface area contributed by atoms with Gasteiger partial charge in [-0.15, -0.1) is 0 Å². The van der Waals surface area contributed by atoms with Gasteiger partial charge in [-0.3, -0.25) is 20.2 Å². The number of amides is 1. The maximum Gasteiger partial charge on any atom is 0.338 e. The van der Waals surface area contributed by atoms with Crippen LogP contribution in [0.15, 0.2) is 59.6 Å². The fourth-order valence-corrected chi connectivity index (χ4v) is 3.93. The van der Waals surface area contributed by atoms with Crippen LogP contribution in [-0.2, 0) is 9.53 Å². The molecule has 1 aromatic heterocycles. The maximum atomic E-state index is 13.2. The van der Waals surface area contributed by atoms with Crippen molar-refractivity contribution in [1.29, 1.82) is 5.41 Å². The Bertz CT molecular complexity index is 1190. The zero-order valence-electron chi connectivity index (χ0n) is 16.4. The molecule has 0 radical (unpaired) electrons. The highest BCUT2D eigenvalue weighted by Crippen LogP contribution is 2.36. The zero-order valence-corrected chi connectivity index (χ0v) is 17.2. The maximum absolute atomic E-state index is 13.2. The van der Waals surface area contributed by atoms with E-state index in [1.807, 2.05) is 0 Å². The minimum absolute atomic E-state index is 0.0481. The Hall–Kier alpha value is -3.72. The third-order valence-corrected chi connectivity index (χ3v) is 5.44. The standard InChI is InChI=1S/C22H17FN4O3S/c1-2-30-21(29)14-5-9-17(10-6-14)27-20(28)18(31-22(27)24)11-15-12-25-26-19(15)13-3-7-16(23)8-4-13/h3-12,24H,2H2,1H3,(H,25,26). The summed E-state index contributed by atoms with van der Waals surface area (Å²) in [5.41, 5.74) is 2.86. The molecule has 7 nitrogen and oxygen atoms in total. The van der Waals surface area contributed by atoms with Crippen molar-refractivity contribution >= 4 is 40.6 Å². The molecule has 0 spiro atoms. The summed E-state index contributed by atoms with van der Waals surface area (Å²) in [6.45, 7) is 2.00. The number of ether oxygens (including phenoxy) is 1. The molecule has 9 heteroatoms. The highest BCUT2D eigenvalue weighted by atomic mass is 32.2. The summed E-state index contributed by atoms with van der Waals surface area (Å²) in [5, 5.41) is 15.2. The lowest BCUT2D eigenvalue weighted by molar-refractivity contribution is -0.113. The second kappa shape index (κ2) is 8.57. The first-order chi connectivity index (χ1) is 15.0. The van der Waals surface area contributed by atoms with Gasteiger partial charge in [0.1, 0.15) is 5.82 Å². The van der Waals surface area contributed by atoms with Gasteiger partial charge in [-0.25, -0.2) is 9.18 Å². The quantitative estimate of drug-likeness (QED) is 0.455. The van der Waals surface area contributed by atoms with Crippen LogP contribution in [0.25, 0.3) is 17.3 Å². The molecular weight excluding hydrogens is 419 g/mol. The fourth-order valence-electron chi connectivity index (χ4n) is 3.08. The van der Waals surface area contributed by atoms with Crippen LogP contribution in [0, 0.1) is 11.2 Å². The molecule has 1 aliphatic heterocycles. The number of aromatic nitrogens is 2. The molecule has 3 aromatic rings. The average molecular weight is 436 g/mol. The summed E-state index contributed by atoms with van der Waals surface area (Å²) < 4.78 is 18.2. The number of thioether (sulfide) groups is 1. The van der Waals surface area contributed by atoms with E-state index in [0.29, 0.717) is 27.4 Å². The van der Waals surface area contributed by atoms with Crippen molar-refractivity contribution in [3.63, 3.8) is 0 Å². The Morgan fingerprint density at radius 3 is 2.61 bits per heavy atom. The first-order valence-electron chi connectivity index (χ1n) is 9.37. The highest BCUT2D eigenvalue weighted by molar-refractivity contribution is 8.19. The molecule has 4 rings (SSSR count). The van der Waals surface area contributed by atoms with E-state index in [-0.39, 0.29) is 23.5 Å². The number of H-pyrrole nitrogens is 1. The van der Waals surface area contributed by atoms with E-state index in [1.54, 1.807) is 55.6 Å². The fraction of sp³-hybridized carbons (Fsp3) is 0.0909. The predicted octanol–water partition coefficient (Wildman–Crippen LogP) is 4.45. The molecular formula is C22H17FN4O3S. The number of benzene rings is 2. The molecule has 1 saturated heterocycles. The molecule has 2 aromatic carbocycles. The number of aromatic amines is 1. The molecule has 1 amide bonds. The first-order valence-corrected chi connectivity index (χ1v) is 10.2. The molecule has 0 bridgehead atoms. The normalized spacial score (nSPS) is 15.0. The van der Waals surface area contributed by atoms with Crippen LogP contribution in [0.5, 0.6) is 0 Å².